The molecule has 0 unspecified atom stereocenters. The summed E-state index contributed by atoms with van der Waals surface area (Å²) in [5.74, 6) is 1.68. The van der Waals surface area contributed by atoms with E-state index in [1.807, 2.05) is 53.6 Å². The summed E-state index contributed by atoms with van der Waals surface area (Å²) in [6, 6.07) is 20.1. The van der Waals surface area contributed by atoms with Crippen LogP contribution in [-0.2, 0) is 26.3 Å². The van der Waals surface area contributed by atoms with Crippen LogP contribution in [0, 0.1) is 0 Å². The number of nitrogens with two attached hydrogens (primary N) is 1. The maximum atomic E-state index is 14.0. The van der Waals surface area contributed by atoms with Gasteiger partial charge in [0.25, 0.3) is 5.91 Å². The molecule has 6 aromatic rings. The minimum absolute atomic E-state index is 0.0738. The first kappa shape index (κ1) is 35.3. The lowest BCUT2D eigenvalue weighted by molar-refractivity contribution is -0.151. The van der Waals surface area contributed by atoms with Gasteiger partial charge in [0.05, 0.1) is 42.3 Å². The van der Waals surface area contributed by atoms with Gasteiger partial charge in [0.2, 0.25) is 11.5 Å². The maximum absolute atomic E-state index is 14.0. The lowest BCUT2D eigenvalue weighted by atomic mass is 9.93. The highest BCUT2D eigenvalue weighted by molar-refractivity contribution is 5.89. The van der Waals surface area contributed by atoms with Crippen molar-refractivity contribution >= 4 is 17.9 Å². The first-order valence-electron chi connectivity index (χ1n) is 18.3. The highest BCUT2D eigenvalue weighted by atomic mass is 16.6. The molecule has 3 amide bonds. The fraction of sp³-hybridized carbons (Fsp3) is 0.268. The van der Waals surface area contributed by atoms with E-state index in [0.717, 1.165) is 53.0 Å². The first-order chi connectivity index (χ1) is 26.8. The Kier molecular flexibility index (Phi) is 9.62. The number of hydrogen-bond donors (Lipinski definition) is 3. The van der Waals surface area contributed by atoms with Crippen LogP contribution in [0.15, 0.2) is 104 Å². The number of imidazole rings is 2. The number of H-pyrrole nitrogens is 2. The number of carbonyl (C=O) groups excluding carboxylic acids is 3. The van der Waals surface area contributed by atoms with Crippen molar-refractivity contribution in [2.45, 2.75) is 56.7 Å². The van der Waals surface area contributed by atoms with Crippen LogP contribution in [-0.4, -0.2) is 75.7 Å². The molecular formula is C41H40N10O4. The van der Waals surface area contributed by atoms with Gasteiger partial charge in [-0.05, 0) is 49.8 Å². The Balaban J connectivity index is 0.930. The summed E-state index contributed by atoms with van der Waals surface area (Å²) in [5, 5.41) is 0. The average Bonchev–Trinajstić information content (AvgIpc) is 4.05. The number of ether oxygens (including phenoxy) is 1. The number of primary amides is 1. The van der Waals surface area contributed by atoms with E-state index in [0.29, 0.717) is 48.8 Å². The van der Waals surface area contributed by atoms with Crippen LogP contribution in [0.4, 0.5) is 4.79 Å². The minimum atomic E-state index is -1.59. The predicted octanol–water partition coefficient (Wildman–Crippen LogP) is 5.90. The van der Waals surface area contributed by atoms with E-state index in [2.05, 4.69) is 34.9 Å². The van der Waals surface area contributed by atoms with Crippen LogP contribution >= 0.6 is 0 Å². The standard InChI is InChI=1S/C41H40N10O4/c1-41(55-40(42)54,30-9-3-2-4-10-30)39(53)51-19-7-12-34(51)38-47-25-32(49-38)29-22-44-36(45-23-29)28-15-13-27(14-16-28)31-24-46-37(48-31)33-11-6-18-50(33)35(52)20-26-8-5-17-43-21-26/h2-5,8-10,13-17,21-25,33-34H,6-7,11-12,18-20H2,1H3,(H2,42,54)(H,46,48)(H,47,49)/t33-,34-,41+/m0/s1. The van der Waals surface area contributed by atoms with Gasteiger partial charge in [-0.1, -0.05) is 60.7 Å². The molecule has 0 aliphatic carbocycles. The molecule has 14 nitrogen and oxygen atoms in total. The third-order valence-electron chi connectivity index (χ3n) is 10.4. The van der Waals surface area contributed by atoms with Gasteiger partial charge < -0.3 is 30.2 Å². The zero-order chi connectivity index (χ0) is 37.9. The van der Waals surface area contributed by atoms with E-state index < -0.39 is 11.7 Å². The van der Waals surface area contributed by atoms with E-state index >= 15 is 0 Å². The Bertz CT molecular complexity index is 2290. The number of pyridine rings is 1. The average molecular weight is 737 g/mol. The van der Waals surface area contributed by atoms with Crippen LogP contribution in [0.25, 0.3) is 33.9 Å². The van der Waals surface area contributed by atoms with Gasteiger partial charge in [0.15, 0.2) is 5.82 Å². The molecule has 4 N–H and O–H groups in total. The Morgan fingerprint density at radius 1 is 0.745 bits per heavy atom. The summed E-state index contributed by atoms with van der Waals surface area (Å²) in [5.41, 5.74) is 9.39. The molecule has 55 heavy (non-hydrogen) atoms. The lowest BCUT2D eigenvalue weighted by Gasteiger charge is -2.34. The second kappa shape index (κ2) is 15.0. The molecule has 2 aromatic carbocycles. The second-order valence-electron chi connectivity index (χ2n) is 14.0. The number of likely N-dealkylation sites (tertiary alicyclic amines) is 2. The van der Waals surface area contributed by atoms with E-state index in [9.17, 15) is 14.4 Å². The summed E-state index contributed by atoms with van der Waals surface area (Å²) < 4.78 is 5.46. The molecule has 2 saturated heterocycles. The zero-order valence-corrected chi connectivity index (χ0v) is 30.3. The number of carbonyl (C=O) groups is 3. The molecule has 0 radical (unpaired) electrons. The summed E-state index contributed by atoms with van der Waals surface area (Å²) in [6.45, 7) is 2.76. The molecule has 2 aliphatic rings. The normalized spacial score (nSPS) is 17.9. The van der Waals surface area contributed by atoms with Crippen LogP contribution in [0.1, 0.15) is 67.5 Å². The van der Waals surface area contributed by atoms with E-state index in [1.165, 1.54) is 0 Å². The molecule has 3 atom stereocenters. The molecule has 6 heterocycles. The smallest absolute Gasteiger partial charge is 0.405 e. The molecule has 14 heteroatoms. The predicted molar refractivity (Wildman–Crippen MR) is 202 cm³/mol. The Morgan fingerprint density at radius 3 is 2.00 bits per heavy atom. The number of rotatable bonds is 10. The number of nitrogens with zero attached hydrogens (tertiary/aromatic N) is 7. The number of nitrogens with one attached hydrogen (secondary N) is 2. The van der Waals surface area contributed by atoms with Gasteiger partial charge in [-0.15, -0.1) is 0 Å². The van der Waals surface area contributed by atoms with Crippen molar-refractivity contribution in [1.82, 2.24) is 44.7 Å². The summed E-state index contributed by atoms with van der Waals surface area (Å²) in [4.78, 5) is 72.2. The molecule has 2 fully saturated rings. The van der Waals surface area contributed by atoms with Crippen molar-refractivity contribution in [3.63, 3.8) is 0 Å². The fourth-order valence-corrected chi connectivity index (χ4v) is 7.60. The molecular weight excluding hydrogens is 697 g/mol. The maximum Gasteiger partial charge on any atom is 0.405 e. The van der Waals surface area contributed by atoms with Gasteiger partial charge in [0, 0.05) is 54.6 Å². The van der Waals surface area contributed by atoms with Crippen LogP contribution in [0.3, 0.4) is 0 Å². The quantitative estimate of drug-likeness (QED) is 0.154. The molecule has 0 bridgehead atoms. The summed E-state index contributed by atoms with van der Waals surface area (Å²) in [7, 11) is 0. The van der Waals surface area contributed by atoms with E-state index in [-0.39, 0.29) is 23.9 Å². The number of amides is 3. The number of benzene rings is 2. The lowest BCUT2D eigenvalue weighted by Crippen LogP contribution is -2.48. The Morgan fingerprint density at radius 2 is 1.36 bits per heavy atom. The number of aromatic amines is 2. The third-order valence-corrected chi connectivity index (χ3v) is 10.4. The van der Waals surface area contributed by atoms with Gasteiger partial charge >= 0.3 is 6.09 Å². The molecule has 278 valence electrons. The zero-order valence-electron chi connectivity index (χ0n) is 30.3. The van der Waals surface area contributed by atoms with Gasteiger partial charge in [-0.3, -0.25) is 14.6 Å². The fourth-order valence-electron chi connectivity index (χ4n) is 7.60. The van der Waals surface area contributed by atoms with Gasteiger partial charge in [-0.2, -0.15) is 0 Å². The summed E-state index contributed by atoms with van der Waals surface area (Å²) in [6.07, 6.45) is 13.0. The SMILES string of the molecule is C[C@](OC(N)=O)(C(=O)N1CCC[C@H]1c1ncc(-c2cnc(-c3ccc(-c4cnc([C@@H]5CCCN5C(=O)Cc5cccnc5)[nH]4)cc3)nc2)[nH]1)c1ccccc1. The largest absolute Gasteiger partial charge is 0.428 e. The van der Waals surface area contributed by atoms with Crippen molar-refractivity contribution in [3.8, 4) is 33.9 Å². The molecule has 4 aromatic heterocycles. The second-order valence-corrected chi connectivity index (χ2v) is 14.0. The summed E-state index contributed by atoms with van der Waals surface area (Å²) >= 11 is 0. The van der Waals surface area contributed by atoms with E-state index in [1.54, 1.807) is 67.1 Å². The first-order valence-corrected chi connectivity index (χ1v) is 18.3. The van der Waals surface area contributed by atoms with Crippen molar-refractivity contribution < 1.29 is 19.1 Å². The van der Waals surface area contributed by atoms with Crippen LogP contribution in [0.5, 0.6) is 0 Å². The van der Waals surface area contributed by atoms with Crippen molar-refractivity contribution in [3.05, 3.63) is 127 Å². The van der Waals surface area contributed by atoms with Crippen molar-refractivity contribution in [2.24, 2.45) is 5.73 Å². The number of aromatic nitrogens is 7. The highest BCUT2D eigenvalue weighted by Crippen LogP contribution is 2.38. The molecule has 0 spiro atoms. The third kappa shape index (κ3) is 7.18. The molecule has 2 aliphatic heterocycles. The van der Waals surface area contributed by atoms with Gasteiger partial charge in [-0.25, -0.2) is 24.7 Å². The van der Waals surface area contributed by atoms with Crippen molar-refractivity contribution in [2.75, 3.05) is 13.1 Å². The molecule has 0 saturated carbocycles. The van der Waals surface area contributed by atoms with Crippen LogP contribution < -0.4 is 5.73 Å². The monoisotopic (exact) mass is 736 g/mol. The van der Waals surface area contributed by atoms with Crippen LogP contribution in [0.2, 0.25) is 0 Å². The Labute approximate surface area is 317 Å². The molecule has 8 rings (SSSR count). The van der Waals surface area contributed by atoms with E-state index in [4.69, 9.17) is 10.5 Å². The Hall–Kier alpha value is -6.70. The minimum Gasteiger partial charge on any atom is -0.428 e. The number of hydrogen-bond acceptors (Lipinski definition) is 9. The highest BCUT2D eigenvalue weighted by Gasteiger charge is 2.46. The van der Waals surface area contributed by atoms with Crippen molar-refractivity contribution in [1.29, 1.82) is 0 Å². The van der Waals surface area contributed by atoms with Gasteiger partial charge in [0.1, 0.15) is 11.6 Å². The topological polar surface area (TPSA) is 189 Å².